The Kier molecular flexibility index (Phi) is 10.2. The van der Waals surface area contributed by atoms with Crippen molar-refractivity contribution in [2.75, 3.05) is 12.3 Å². The van der Waals surface area contributed by atoms with Gasteiger partial charge >= 0.3 is 0 Å². The number of nitrogens with one attached hydrogen (secondary N) is 1. The smallest absolute Gasteiger partial charge is 0.242 e. The minimum Gasteiger partial charge on any atom is -0.354 e. The third-order valence-corrected chi connectivity index (χ3v) is 5.96. The highest BCUT2D eigenvalue weighted by Crippen LogP contribution is 2.24. The number of halogens is 2. The first-order valence-electron chi connectivity index (χ1n) is 10.1. The van der Waals surface area contributed by atoms with Crippen LogP contribution in [0.4, 0.5) is 4.39 Å². The van der Waals surface area contributed by atoms with Crippen LogP contribution in [0.25, 0.3) is 0 Å². The van der Waals surface area contributed by atoms with E-state index in [1.807, 2.05) is 44.2 Å². The zero-order chi connectivity index (χ0) is 21.9. The molecule has 0 aliphatic heterocycles. The van der Waals surface area contributed by atoms with Crippen molar-refractivity contribution in [2.45, 2.75) is 45.0 Å². The summed E-state index contributed by atoms with van der Waals surface area (Å²) in [6.45, 7) is 4.80. The summed E-state index contributed by atoms with van der Waals surface area (Å²) in [6, 6.07) is 13.6. The molecule has 0 aromatic heterocycles. The Labute approximate surface area is 187 Å². The van der Waals surface area contributed by atoms with Gasteiger partial charge in [-0.1, -0.05) is 61.8 Å². The second-order valence-corrected chi connectivity index (χ2v) is 8.31. The summed E-state index contributed by atoms with van der Waals surface area (Å²) in [6.07, 6.45) is 1.34. The van der Waals surface area contributed by atoms with Gasteiger partial charge in [-0.15, -0.1) is 11.8 Å². The van der Waals surface area contributed by atoms with Crippen LogP contribution in [0, 0.1) is 5.82 Å². The third kappa shape index (κ3) is 7.03. The molecule has 0 aliphatic carbocycles. The summed E-state index contributed by atoms with van der Waals surface area (Å²) in [4.78, 5) is 27.4. The van der Waals surface area contributed by atoms with Crippen molar-refractivity contribution < 1.29 is 14.0 Å². The largest absolute Gasteiger partial charge is 0.354 e. The zero-order valence-electron chi connectivity index (χ0n) is 17.4. The molecule has 2 aromatic carbocycles. The number of carbonyl (C=O) groups is 2. The molecule has 0 spiro atoms. The van der Waals surface area contributed by atoms with Gasteiger partial charge in [-0.2, -0.15) is 0 Å². The molecule has 30 heavy (non-hydrogen) atoms. The van der Waals surface area contributed by atoms with Gasteiger partial charge in [-0.3, -0.25) is 9.59 Å². The first kappa shape index (κ1) is 24.2. The number of thioether (sulfide) groups is 1. The highest BCUT2D eigenvalue weighted by molar-refractivity contribution is 7.99. The van der Waals surface area contributed by atoms with E-state index in [0.717, 1.165) is 12.0 Å². The molecule has 0 unspecified atom stereocenters. The summed E-state index contributed by atoms with van der Waals surface area (Å²) >= 11 is 7.37. The molecular formula is C23H28ClFN2O2S. The molecule has 2 rings (SSSR count). The topological polar surface area (TPSA) is 49.4 Å². The van der Waals surface area contributed by atoms with Crippen LogP contribution >= 0.6 is 23.4 Å². The highest BCUT2D eigenvalue weighted by atomic mass is 35.5. The second-order valence-electron chi connectivity index (χ2n) is 6.92. The molecule has 0 bridgehead atoms. The lowest BCUT2D eigenvalue weighted by Gasteiger charge is -2.30. The van der Waals surface area contributed by atoms with E-state index in [4.69, 9.17) is 11.6 Å². The van der Waals surface area contributed by atoms with E-state index in [0.29, 0.717) is 30.1 Å². The summed E-state index contributed by atoms with van der Waals surface area (Å²) in [5, 5.41) is 3.24. The predicted molar refractivity (Wildman–Crippen MR) is 122 cm³/mol. The Morgan fingerprint density at radius 1 is 1.13 bits per heavy atom. The molecule has 1 N–H and O–H groups in total. The standard InChI is InChI=1S/C23H28ClFN2O2S/c1-3-13-26-23(29)21(4-2)27(14-17-9-6-5-7-10-17)22(28)16-30-15-18-19(24)11-8-12-20(18)25/h5-12,21H,3-4,13-16H2,1-2H3,(H,26,29)/t21-/m1/s1. The van der Waals surface area contributed by atoms with Crippen LogP contribution in [-0.2, 0) is 21.9 Å². The van der Waals surface area contributed by atoms with Crippen LogP contribution in [0.3, 0.4) is 0 Å². The molecular weight excluding hydrogens is 423 g/mol. The maximum Gasteiger partial charge on any atom is 0.242 e. The van der Waals surface area contributed by atoms with E-state index in [-0.39, 0.29) is 29.1 Å². The van der Waals surface area contributed by atoms with Crippen molar-refractivity contribution in [1.82, 2.24) is 10.2 Å². The number of rotatable bonds is 11. The summed E-state index contributed by atoms with van der Waals surface area (Å²) in [5.41, 5.74) is 1.34. The summed E-state index contributed by atoms with van der Waals surface area (Å²) in [7, 11) is 0. The van der Waals surface area contributed by atoms with E-state index >= 15 is 0 Å². The number of hydrogen-bond acceptors (Lipinski definition) is 3. The fourth-order valence-electron chi connectivity index (χ4n) is 3.06. The van der Waals surface area contributed by atoms with Crippen LogP contribution in [0.2, 0.25) is 5.02 Å². The molecule has 0 radical (unpaired) electrons. The molecule has 1 atom stereocenters. The molecule has 2 aromatic rings. The summed E-state index contributed by atoms with van der Waals surface area (Å²) < 4.78 is 14.0. The highest BCUT2D eigenvalue weighted by Gasteiger charge is 2.28. The van der Waals surface area contributed by atoms with Crippen LogP contribution < -0.4 is 5.32 Å². The summed E-state index contributed by atoms with van der Waals surface area (Å²) in [5.74, 6) is -0.265. The van der Waals surface area contributed by atoms with E-state index in [9.17, 15) is 14.0 Å². The normalized spacial score (nSPS) is 11.7. The molecule has 162 valence electrons. The van der Waals surface area contributed by atoms with Crippen LogP contribution in [0.1, 0.15) is 37.8 Å². The maximum absolute atomic E-state index is 14.0. The third-order valence-electron chi connectivity index (χ3n) is 4.66. The van der Waals surface area contributed by atoms with Gasteiger partial charge in [0.2, 0.25) is 11.8 Å². The van der Waals surface area contributed by atoms with Crippen LogP contribution in [0.5, 0.6) is 0 Å². The molecule has 0 saturated carbocycles. The molecule has 0 fully saturated rings. The minimum atomic E-state index is -0.554. The lowest BCUT2D eigenvalue weighted by Crippen LogP contribution is -2.49. The average Bonchev–Trinajstić information content (AvgIpc) is 2.74. The van der Waals surface area contributed by atoms with E-state index in [1.165, 1.54) is 17.8 Å². The first-order chi connectivity index (χ1) is 14.5. The van der Waals surface area contributed by atoms with Gasteiger partial charge in [0.05, 0.1) is 5.75 Å². The van der Waals surface area contributed by atoms with Crippen molar-refractivity contribution in [3.63, 3.8) is 0 Å². The van der Waals surface area contributed by atoms with Gasteiger partial charge in [0.15, 0.2) is 0 Å². The fraction of sp³-hybridized carbons (Fsp3) is 0.391. The van der Waals surface area contributed by atoms with Crippen molar-refractivity contribution in [1.29, 1.82) is 0 Å². The zero-order valence-corrected chi connectivity index (χ0v) is 18.9. The van der Waals surface area contributed by atoms with E-state index in [1.54, 1.807) is 17.0 Å². The minimum absolute atomic E-state index is 0.134. The molecule has 4 nitrogen and oxygen atoms in total. The average molecular weight is 451 g/mol. The van der Waals surface area contributed by atoms with Gasteiger partial charge in [-0.05, 0) is 30.5 Å². The Bertz CT molecular complexity index is 815. The maximum atomic E-state index is 14.0. The second kappa shape index (κ2) is 12.6. The van der Waals surface area contributed by atoms with Gasteiger partial charge in [0, 0.05) is 29.4 Å². The van der Waals surface area contributed by atoms with Gasteiger partial charge in [0.25, 0.3) is 0 Å². The number of hydrogen-bond donors (Lipinski definition) is 1. The Hall–Kier alpha value is -2.05. The van der Waals surface area contributed by atoms with E-state index < -0.39 is 6.04 Å². The Balaban J connectivity index is 2.11. The van der Waals surface area contributed by atoms with Crippen molar-refractivity contribution >= 4 is 35.2 Å². The Morgan fingerprint density at radius 3 is 2.50 bits per heavy atom. The van der Waals surface area contributed by atoms with Gasteiger partial charge < -0.3 is 10.2 Å². The van der Waals surface area contributed by atoms with Gasteiger partial charge in [0.1, 0.15) is 11.9 Å². The Morgan fingerprint density at radius 2 is 1.87 bits per heavy atom. The first-order valence-corrected chi connectivity index (χ1v) is 11.6. The number of benzene rings is 2. The molecule has 0 saturated heterocycles. The van der Waals surface area contributed by atoms with Crippen molar-refractivity contribution in [3.05, 3.63) is 70.5 Å². The van der Waals surface area contributed by atoms with E-state index in [2.05, 4.69) is 5.32 Å². The van der Waals surface area contributed by atoms with Crippen molar-refractivity contribution in [3.8, 4) is 0 Å². The van der Waals surface area contributed by atoms with Crippen LogP contribution in [0.15, 0.2) is 48.5 Å². The lowest BCUT2D eigenvalue weighted by atomic mass is 10.1. The number of carbonyl (C=O) groups excluding carboxylic acids is 2. The van der Waals surface area contributed by atoms with Gasteiger partial charge in [-0.25, -0.2) is 4.39 Å². The number of amides is 2. The molecule has 7 heteroatoms. The quantitative estimate of drug-likeness (QED) is 0.521. The lowest BCUT2D eigenvalue weighted by molar-refractivity contribution is -0.139. The molecule has 0 heterocycles. The predicted octanol–water partition coefficient (Wildman–Crippen LogP) is 5.05. The van der Waals surface area contributed by atoms with Crippen molar-refractivity contribution in [2.24, 2.45) is 0 Å². The molecule has 0 aliphatic rings. The molecule has 2 amide bonds. The SMILES string of the molecule is CCCNC(=O)[C@@H](CC)N(Cc1ccccc1)C(=O)CSCc1c(F)cccc1Cl. The number of nitrogens with zero attached hydrogens (tertiary/aromatic N) is 1. The van der Waals surface area contributed by atoms with Crippen LogP contribution in [-0.4, -0.2) is 35.1 Å². The fourth-order valence-corrected chi connectivity index (χ4v) is 4.31. The monoisotopic (exact) mass is 450 g/mol.